The van der Waals surface area contributed by atoms with Crippen LogP contribution in [0.1, 0.15) is 17.4 Å². The fourth-order valence-electron chi connectivity index (χ4n) is 1.50. The molecule has 0 saturated heterocycles. The van der Waals surface area contributed by atoms with Crippen LogP contribution in [0.25, 0.3) is 0 Å². The summed E-state index contributed by atoms with van der Waals surface area (Å²) in [4.78, 5) is 4.61. The predicted octanol–water partition coefficient (Wildman–Crippen LogP) is 2.63. The molecule has 0 fully saturated rings. The van der Waals surface area contributed by atoms with Gasteiger partial charge in [-0.1, -0.05) is 41.1 Å². The smallest absolute Gasteiger partial charge is 0.180 e. The van der Waals surface area contributed by atoms with Crippen LogP contribution in [0.4, 0.5) is 5.13 Å². The molecule has 0 saturated carbocycles. The molecule has 1 aromatic heterocycles. The topological polar surface area (TPSA) is 59.1 Å². The van der Waals surface area contributed by atoms with Crippen LogP contribution in [0, 0.1) is 0 Å². The first-order chi connectivity index (χ1) is 7.51. The summed E-state index contributed by atoms with van der Waals surface area (Å²) in [5, 5.41) is 11.4. The van der Waals surface area contributed by atoms with Gasteiger partial charge in [0.1, 0.15) is 5.60 Å². The quantitative estimate of drug-likeness (QED) is 0.866. The summed E-state index contributed by atoms with van der Waals surface area (Å²) in [6.07, 6.45) is 1.57. The van der Waals surface area contributed by atoms with Crippen molar-refractivity contribution < 1.29 is 5.11 Å². The molecule has 0 aliphatic heterocycles. The van der Waals surface area contributed by atoms with Gasteiger partial charge in [0.15, 0.2) is 5.13 Å². The molecule has 1 aromatic carbocycles. The van der Waals surface area contributed by atoms with Gasteiger partial charge in [0, 0.05) is 16.8 Å². The third-order valence-corrected chi connectivity index (χ3v) is 3.77. The number of anilines is 1. The Morgan fingerprint density at radius 1 is 1.44 bits per heavy atom. The molecular formula is C11H11ClN2OS. The van der Waals surface area contributed by atoms with Crippen molar-refractivity contribution in [3.8, 4) is 0 Å². The first kappa shape index (κ1) is 11.4. The molecule has 0 bridgehead atoms. The largest absolute Gasteiger partial charge is 0.380 e. The molecule has 1 heterocycles. The normalized spacial score (nSPS) is 14.7. The molecule has 3 N–H and O–H groups in total. The van der Waals surface area contributed by atoms with Crippen molar-refractivity contribution in [2.24, 2.45) is 0 Å². The lowest BCUT2D eigenvalue weighted by atomic mass is 9.95. The minimum Gasteiger partial charge on any atom is -0.380 e. The molecule has 2 rings (SSSR count). The lowest BCUT2D eigenvalue weighted by Gasteiger charge is -2.22. The van der Waals surface area contributed by atoms with E-state index in [2.05, 4.69) is 4.98 Å². The van der Waals surface area contributed by atoms with Crippen molar-refractivity contribution >= 4 is 28.1 Å². The third-order valence-electron chi connectivity index (χ3n) is 2.40. The SMILES string of the molecule is CC(O)(c1cnc(N)s1)c1ccccc1Cl. The van der Waals surface area contributed by atoms with E-state index in [1.807, 2.05) is 12.1 Å². The van der Waals surface area contributed by atoms with Crippen LogP contribution in [0.15, 0.2) is 30.5 Å². The molecule has 16 heavy (non-hydrogen) atoms. The van der Waals surface area contributed by atoms with Crippen LogP contribution in [0.2, 0.25) is 5.02 Å². The van der Waals surface area contributed by atoms with E-state index in [0.29, 0.717) is 20.6 Å². The van der Waals surface area contributed by atoms with Crippen LogP contribution in [0.5, 0.6) is 0 Å². The Balaban J connectivity index is 2.50. The standard InChI is InChI=1S/C11H11ClN2OS/c1-11(15,9-6-14-10(13)16-9)7-4-2-3-5-8(7)12/h2-6,15H,1H3,(H2,13,14). The number of nitrogens with two attached hydrogens (primary N) is 1. The van der Waals surface area contributed by atoms with Crippen molar-refractivity contribution in [3.63, 3.8) is 0 Å². The van der Waals surface area contributed by atoms with Gasteiger partial charge in [-0.05, 0) is 13.0 Å². The van der Waals surface area contributed by atoms with Crippen molar-refractivity contribution in [1.82, 2.24) is 4.98 Å². The highest BCUT2D eigenvalue weighted by Crippen LogP contribution is 2.36. The van der Waals surface area contributed by atoms with Crippen molar-refractivity contribution in [3.05, 3.63) is 45.9 Å². The molecule has 1 unspecified atom stereocenters. The van der Waals surface area contributed by atoms with E-state index in [4.69, 9.17) is 17.3 Å². The van der Waals surface area contributed by atoms with Gasteiger partial charge >= 0.3 is 0 Å². The molecule has 0 radical (unpaired) electrons. The molecular weight excluding hydrogens is 244 g/mol. The summed E-state index contributed by atoms with van der Waals surface area (Å²) in [5.41, 5.74) is 5.05. The Bertz CT molecular complexity index is 510. The van der Waals surface area contributed by atoms with Crippen LogP contribution >= 0.6 is 22.9 Å². The Morgan fingerprint density at radius 3 is 2.69 bits per heavy atom. The maximum absolute atomic E-state index is 10.5. The average molecular weight is 255 g/mol. The van der Waals surface area contributed by atoms with Gasteiger partial charge < -0.3 is 10.8 Å². The first-order valence-electron chi connectivity index (χ1n) is 4.71. The fraction of sp³-hybridized carbons (Fsp3) is 0.182. The number of nitrogens with zero attached hydrogens (tertiary/aromatic N) is 1. The summed E-state index contributed by atoms with van der Waals surface area (Å²) in [6.45, 7) is 1.68. The molecule has 0 spiro atoms. The highest BCUT2D eigenvalue weighted by atomic mass is 35.5. The minimum atomic E-state index is -1.16. The fourth-order valence-corrected chi connectivity index (χ4v) is 2.57. The zero-order chi connectivity index (χ0) is 11.8. The molecule has 0 amide bonds. The van der Waals surface area contributed by atoms with Crippen LogP contribution in [-0.4, -0.2) is 10.1 Å². The number of rotatable bonds is 2. The van der Waals surface area contributed by atoms with Gasteiger partial charge in [-0.2, -0.15) is 0 Å². The summed E-state index contributed by atoms with van der Waals surface area (Å²) in [7, 11) is 0. The van der Waals surface area contributed by atoms with Gasteiger partial charge in [-0.25, -0.2) is 4.98 Å². The van der Waals surface area contributed by atoms with E-state index < -0.39 is 5.60 Å². The second-order valence-corrected chi connectivity index (χ2v) is 5.08. The van der Waals surface area contributed by atoms with E-state index >= 15 is 0 Å². The van der Waals surface area contributed by atoms with Crippen molar-refractivity contribution in [1.29, 1.82) is 0 Å². The van der Waals surface area contributed by atoms with E-state index in [0.717, 1.165) is 0 Å². The summed E-state index contributed by atoms with van der Waals surface area (Å²) >= 11 is 7.31. The monoisotopic (exact) mass is 254 g/mol. The number of nitrogen functional groups attached to an aromatic ring is 1. The maximum atomic E-state index is 10.5. The Morgan fingerprint density at radius 2 is 2.12 bits per heavy atom. The highest BCUT2D eigenvalue weighted by molar-refractivity contribution is 7.15. The number of halogens is 1. The van der Waals surface area contributed by atoms with Gasteiger partial charge in [-0.3, -0.25) is 0 Å². The second kappa shape index (κ2) is 4.05. The number of benzene rings is 1. The highest BCUT2D eigenvalue weighted by Gasteiger charge is 2.29. The molecule has 84 valence electrons. The van der Waals surface area contributed by atoms with Gasteiger partial charge in [-0.15, -0.1) is 0 Å². The average Bonchev–Trinajstić information content (AvgIpc) is 2.66. The van der Waals surface area contributed by atoms with Crippen LogP contribution in [-0.2, 0) is 5.60 Å². The van der Waals surface area contributed by atoms with Gasteiger partial charge in [0.25, 0.3) is 0 Å². The molecule has 3 nitrogen and oxygen atoms in total. The number of aliphatic hydroxyl groups is 1. The summed E-state index contributed by atoms with van der Waals surface area (Å²) in [5.74, 6) is 0. The van der Waals surface area contributed by atoms with E-state index in [1.54, 1.807) is 25.3 Å². The van der Waals surface area contributed by atoms with Gasteiger partial charge in [0.05, 0.1) is 4.88 Å². The summed E-state index contributed by atoms with van der Waals surface area (Å²) in [6, 6.07) is 7.19. The molecule has 5 heteroatoms. The number of aromatic nitrogens is 1. The van der Waals surface area contributed by atoms with Crippen LogP contribution in [0.3, 0.4) is 0 Å². The van der Waals surface area contributed by atoms with Crippen molar-refractivity contribution in [2.75, 3.05) is 5.73 Å². The van der Waals surface area contributed by atoms with E-state index in [1.165, 1.54) is 11.3 Å². The molecule has 0 aliphatic rings. The van der Waals surface area contributed by atoms with Crippen molar-refractivity contribution in [2.45, 2.75) is 12.5 Å². The van der Waals surface area contributed by atoms with Gasteiger partial charge in [0.2, 0.25) is 0 Å². The molecule has 0 aliphatic carbocycles. The third kappa shape index (κ3) is 1.91. The summed E-state index contributed by atoms with van der Waals surface area (Å²) < 4.78 is 0. The molecule has 2 aromatic rings. The maximum Gasteiger partial charge on any atom is 0.180 e. The Labute approximate surface area is 103 Å². The second-order valence-electron chi connectivity index (χ2n) is 3.61. The van der Waals surface area contributed by atoms with E-state index in [-0.39, 0.29) is 0 Å². The molecule has 1 atom stereocenters. The van der Waals surface area contributed by atoms with E-state index in [9.17, 15) is 5.11 Å². The lowest BCUT2D eigenvalue weighted by molar-refractivity contribution is 0.106. The Hall–Kier alpha value is -1.10. The zero-order valence-corrected chi connectivity index (χ0v) is 10.2. The Kier molecular flexibility index (Phi) is 2.88. The number of hydrogen-bond acceptors (Lipinski definition) is 4. The number of hydrogen-bond donors (Lipinski definition) is 2. The van der Waals surface area contributed by atoms with Crippen LogP contribution < -0.4 is 5.73 Å². The lowest BCUT2D eigenvalue weighted by Crippen LogP contribution is -2.21. The predicted molar refractivity (Wildman–Crippen MR) is 66.7 cm³/mol. The first-order valence-corrected chi connectivity index (χ1v) is 5.90. The number of thiazole rings is 1. The minimum absolute atomic E-state index is 0.433. The zero-order valence-electron chi connectivity index (χ0n) is 8.64.